The zero-order valence-corrected chi connectivity index (χ0v) is 11.2. The first-order valence-electron chi connectivity index (χ1n) is 6.98. The van der Waals surface area contributed by atoms with Crippen LogP contribution in [0.1, 0.15) is 24.0 Å². The second kappa shape index (κ2) is 5.19. The van der Waals surface area contributed by atoms with Crippen LogP contribution < -0.4 is 5.73 Å². The molecular formula is C15H21FN2O. The summed E-state index contributed by atoms with van der Waals surface area (Å²) in [4.78, 5) is 2.33. The summed E-state index contributed by atoms with van der Waals surface area (Å²) in [6.07, 6.45) is 2.30. The Labute approximate surface area is 113 Å². The summed E-state index contributed by atoms with van der Waals surface area (Å²) in [5.74, 6) is -0.129. The van der Waals surface area contributed by atoms with Crippen LogP contribution in [0.3, 0.4) is 0 Å². The Morgan fingerprint density at radius 3 is 2.63 bits per heavy atom. The van der Waals surface area contributed by atoms with Gasteiger partial charge in [-0.05, 0) is 24.5 Å². The molecule has 0 aliphatic carbocycles. The minimum absolute atomic E-state index is 0.129. The van der Waals surface area contributed by atoms with Crippen LogP contribution in [0.15, 0.2) is 18.2 Å². The number of hydrogen-bond acceptors (Lipinski definition) is 3. The van der Waals surface area contributed by atoms with Crippen LogP contribution >= 0.6 is 0 Å². The van der Waals surface area contributed by atoms with Crippen molar-refractivity contribution in [1.29, 1.82) is 0 Å². The second-order valence-electron chi connectivity index (χ2n) is 5.89. The topological polar surface area (TPSA) is 38.5 Å². The number of hydrogen-bond donors (Lipinski definition) is 1. The molecule has 0 aromatic heterocycles. The van der Waals surface area contributed by atoms with Gasteiger partial charge in [-0.2, -0.15) is 0 Å². The summed E-state index contributed by atoms with van der Waals surface area (Å²) in [6, 6.07) is 5.34. The lowest BCUT2D eigenvalue weighted by Crippen LogP contribution is -2.57. The van der Waals surface area contributed by atoms with Gasteiger partial charge >= 0.3 is 0 Å². The van der Waals surface area contributed by atoms with Gasteiger partial charge in [0, 0.05) is 50.4 Å². The number of rotatable bonds is 3. The third kappa shape index (κ3) is 2.66. The van der Waals surface area contributed by atoms with Crippen molar-refractivity contribution in [3.8, 4) is 0 Å². The lowest BCUT2D eigenvalue weighted by molar-refractivity contribution is -0.0841. The average Bonchev–Trinajstić information content (AvgIpc) is 2.40. The molecule has 4 heteroatoms. The fourth-order valence-corrected chi connectivity index (χ4v) is 3.22. The maximum absolute atomic E-state index is 13.9. The molecule has 104 valence electrons. The van der Waals surface area contributed by atoms with Crippen molar-refractivity contribution >= 4 is 0 Å². The molecule has 2 N–H and O–H groups in total. The van der Waals surface area contributed by atoms with Crippen molar-refractivity contribution in [1.82, 2.24) is 4.90 Å². The van der Waals surface area contributed by atoms with E-state index in [0.717, 1.165) is 50.3 Å². The zero-order valence-electron chi connectivity index (χ0n) is 11.2. The molecule has 2 aliphatic rings. The van der Waals surface area contributed by atoms with Gasteiger partial charge < -0.3 is 10.5 Å². The molecule has 1 aromatic carbocycles. The molecular weight excluding hydrogens is 243 g/mol. The van der Waals surface area contributed by atoms with E-state index in [1.165, 1.54) is 0 Å². The normalized spacial score (nSPS) is 22.4. The minimum Gasteiger partial charge on any atom is -0.381 e. The number of ether oxygens (including phenoxy) is 1. The molecule has 0 saturated carbocycles. The van der Waals surface area contributed by atoms with Gasteiger partial charge in [-0.25, -0.2) is 4.39 Å². The van der Waals surface area contributed by atoms with E-state index in [9.17, 15) is 4.39 Å². The first-order valence-corrected chi connectivity index (χ1v) is 6.98. The Balaban J connectivity index is 1.58. The van der Waals surface area contributed by atoms with Gasteiger partial charge in [-0.3, -0.25) is 4.90 Å². The molecule has 0 bridgehead atoms. The van der Waals surface area contributed by atoms with Crippen LogP contribution in [0.4, 0.5) is 4.39 Å². The highest BCUT2D eigenvalue weighted by atomic mass is 19.1. The lowest BCUT2D eigenvalue weighted by Gasteiger charge is -2.52. The summed E-state index contributed by atoms with van der Waals surface area (Å²) in [5.41, 5.74) is 7.59. The highest BCUT2D eigenvalue weighted by Crippen LogP contribution is 2.40. The maximum atomic E-state index is 13.9. The quantitative estimate of drug-likeness (QED) is 0.906. The number of benzene rings is 1. The highest BCUT2D eigenvalue weighted by molar-refractivity contribution is 5.24. The van der Waals surface area contributed by atoms with E-state index in [2.05, 4.69) is 4.90 Å². The van der Waals surface area contributed by atoms with E-state index in [1.807, 2.05) is 12.1 Å². The number of nitrogens with two attached hydrogens (primary N) is 1. The minimum atomic E-state index is -0.129. The molecule has 1 aromatic rings. The number of nitrogens with zero attached hydrogens (tertiary/aromatic N) is 1. The Morgan fingerprint density at radius 2 is 2.00 bits per heavy atom. The van der Waals surface area contributed by atoms with Crippen molar-refractivity contribution in [2.24, 2.45) is 11.1 Å². The third-order valence-electron chi connectivity index (χ3n) is 4.42. The molecule has 3 rings (SSSR count). The van der Waals surface area contributed by atoms with Crippen molar-refractivity contribution in [2.75, 3.05) is 26.3 Å². The predicted octanol–water partition coefficient (Wildman–Crippen LogP) is 1.90. The predicted molar refractivity (Wildman–Crippen MR) is 72.1 cm³/mol. The first-order chi connectivity index (χ1) is 9.21. The smallest absolute Gasteiger partial charge is 0.128 e. The van der Waals surface area contributed by atoms with Gasteiger partial charge in [0.25, 0.3) is 0 Å². The Bertz CT molecular complexity index is 449. The maximum Gasteiger partial charge on any atom is 0.128 e. The van der Waals surface area contributed by atoms with E-state index >= 15 is 0 Å². The van der Waals surface area contributed by atoms with Gasteiger partial charge in [0.05, 0.1) is 0 Å². The van der Waals surface area contributed by atoms with Crippen LogP contribution in [-0.4, -0.2) is 31.2 Å². The third-order valence-corrected chi connectivity index (χ3v) is 4.42. The van der Waals surface area contributed by atoms with Gasteiger partial charge in [-0.15, -0.1) is 0 Å². The van der Waals surface area contributed by atoms with Crippen LogP contribution in [0.2, 0.25) is 0 Å². The summed E-state index contributed by atoms with van der Waals surface area (Å²) in [5, 5.41) is 0. The van der Waals surface area contributed by atoms with Crippen molar-refractivity contribution in [3.63, 3.8) is 0 Å². The lowest BCUT2D eigenvalue weighted by atomic mass is 9.73. The summed E-state index contributed by atoms with van der Waals surface area (Å²) < 4.78 is 19.3. The highest BCUT2D eigenvalue weighted by Gasteiger charge is 2.43. The van der Waals surface area contributed by atoms with Gasteiger partial charge in [-0.1, -0.05) is 12.1 Å². The number of likely N-dealkylation sites (tertiary alicyclic amines) is 1. The summed E-state index contributed by atoms with van der Waals surface area (Å²) in [7, 11) is 0. The molecule has 0 unspecified atom stereocenters. The molecule has 19 heavy (non-hydrogen) atoms. The van der Waals surface area contributed by atoms with E-state index in [0.29, 0.717) is 18.5 Å². The van der Waals surface area contributed by atoms with Crippen LogP contribution in [-0.2, 0) is 17.8 Å². The molecule has 1 spiro atoms. The molecule has 2 saturated heterocycles. The SMILES string of the molecule is NCc1ccc(CN2CC3(CCOCC3)C2)c(F)c1. The molecule has 2 aliphatic heterocycles. The Hall–Kier alpha value is -0.970. The van der Waals surface area contributed by atoms with Crippen molar-refractivity contribution in [2.45, 2.75) is 25.9 Å². The standard InChI is InChI=1S/C15H21FN2O/c16-14-7-12(8-17)1-2-13(14)9-18-10-15(11-18)3-5-19-6-4-15/h1-2,7H,3-6,8-11,17H2. The molecule has 0 radical (unpaired) electrons. The first kappa shape index (κ1) is 13.0. The summed E-state index contributed by atoms with van der Waals surface area (Å²) in [6.45, 7) is 5.02. The van der Waals surface area contributed by atoms with E-state index in [-0.39, 0.29) is 5.82 Å². The van der Waals surface area contributed by atoms with Crippen molar-refractivity contribution in [3.05, 3.63) is 35.1 Å². The average molecular weight is 264 g/mol. The van der Waals surface area contributed by atoms with Crippen LogP contribution in [0, 0.1) is 11.2 Å². The second-order valence-corrected chi connectivity index (χ2v) is 5.89. The van der Waals surface area contributed by atoms with Crippen molar-refractivity contribution < 1.29 is 9.13 Å². The Morgan fingerprint density at radius 1 is 1.26 bits per heavy atom. The molecule has 3 nitrogen and oxygen atoms in total. The fourth-order valence-electron chi connectivity index (χ4n) is 3.22. The molecule has 2 fully saturated rings. The van der Waals surface area contributed by atoms with Crippen LogP contribution in [0.5, 0.6) is 0 Å². The monoisotopic (exact) mass is 264 g/mol. The largest absolute Gasteiger partial charge is 0.381 e. The van der Waals surface area contributed by atoms with Crippen LogP contribution in [0.25, 0.3) is 0 Å². The van der Waals surface area contributed by atoms with Gasteiger partial charge in [0.2, 0.25) is 0 Å². The van der Waals surface area contributed by atoms with E-state index < -0.39 is 0 Å². The molecule has 2 heterocycles. The van der Waals surface area contributed by atoms with Gasteiger partial charge in [0.1, 0.15) is 5.82 Å². The fraction of sp³-hybridized carbons (Fsp3) is 0.600. The Kier molecular flexibility index (Phi) is 3.56. The summed E-state index contributed by atoms with van der Waals surface area (Å²) >= 11 is 0. The van der Waals surface area contributed by atoms with Gasteiger partial charge in [0.15, 0.2) is 0 Å². The molecule has 0 amide bonds. The van der Waals surface area contributed by atoms with E-state index in [1.54, 1.807) is 6.07 Å². The zero-order chi connectivity index (χ0) is 13.3. The molecule has 0 atom stereocenters. The van der Waals surface area contributed by atoms with E-state index in [4.69, 9.17) is 10.5 Å². The number of halogens is 1.